The number of aromatic nitrogens is 4. The fraction of sp³-hybridized carbons (Fsp3) is 0.400. The maximum absolute atomic E-state index is 3.81. The number of rotatable bonds is 2. The molecule has 0 aliphatic carbocycles. The van der Waals surface area contributed by atoms with Gasteiger partial charge in [0, 0.05) is 14.1 Å². The van der Waals surface area contributed by atoms with Crippen molar-refractivity contribution in [3.63, 3.8) is 0 Å². The van der Waals surface area contributed by atoms with Crippen molar-refractivity contribution in [3.05, 3.63) is 23.8 Å². The molecule has 0 radical (unpaired) electrons. The van der Waals surface area contributed by atoms with Crippen molar-refractivity contribution in [2.45, 2.75) is 13.8 Å². The van der Waals surface area contributed by atoms with E-state index in [1.54, 1.807) is 12.4 Å². The minimum Gasteiger partial charge on any atom is -0.385 e. The zero-order chi connectivity index (χ0) is 12.0. The van der Waals surface area contributed by atoms with Gasteiger partial charge in [0.2, 0.25) is 0 Å². The first-order valence-corrected chi connectivity index (χ1v) is 5.04. The Morgan fingerprint density at radius 2 is 1.25 bits per heavy atom. The summed E-state index contributed by atoms with van der Waals surface area (Å²) in [7, 11) is 3.75. The van der Waals surface area contributed by atoms with Gasteiger partial charge in [-0.15, -0.1) is 0 Å². The van der Waals surface area contributed by atoms with E-state index in [0.29, 0.717) is 0 Å². The van der Waals surface area contributed by atoms with Crippen LogP contribution in [0.5, 0.6) is 0 Å². The summed E-state index contributed by atoms with van der Waals surface area (Å²) < 4.78 is 0. The standard InChI is InChI=1S/2C5H9N3/c2*1-4-5(6-2)3-7-8-4/h2*3,6H,1-2H3,(H,7,8). The summed E-state index contributed by atoms with van der Waals surface area (Å²) in [5, 5.41) is 19.2. The number of H-pyrrole nitrogens is 2. The van der Waals surface area contributed by atoms with Gasteiger partial charge in [0.1, 0.15) is 0 Å². The van der Waals surface area contributed by atoms with E-state index in [4.69, 9.17) is 0 Å². The topological polar surface area (TPSA) is 81.4 Å². The number of aromatic amines is 2. The number of nitrogens with one attached hydrogen (secondary N) is 4. The van der Waals surface area contributed by atoms with E-state index in [1.807, 2.05) is 27.9 Å². The van der Waals surface area contributed by atoms with Crippen LogP contribution in [0.15, 0.2) is 12.4 Å². The molecule has 0 saturated heterocycles. The molecule has 6 heteroatoms. The Balaban J connectivity index is 0.000000160. The molecule has 0 aliphatic heterocycles. The average molecular weight is 222 g/mol. The highest BCUT2D eigenvalue weighted by atomic mass is 15.1. The van der Waals surface area contributed by atoms with Gasteiger partial charge in [-0.2, -0.15) is 10.2 Å². The molecule has 0 aliphatic rings. The smallest absolute Gasteiger partial charge is 0.0750 e. The molecule has 16 heavy (non-hydrogen) atoms. The molecule has 2 aromatic heterocycles. The van der Waals surface area contributed by atoms with Crippen LogP contribution in [0.3, 0.4) is 0 Å². The Labute approximate surface area is 94.8 Å². The van der Waals surface area contributed by atoms with Gasteiger partial charge in [0.15, 0.2) is 0 Å². The molecule has 0 amide bonds. The third-order valence-corrected chi connectivity index (χ3v) is 2.20. The Kier molecular flexibility index (Phi) is 4.38. The Morgan fingerprint density at radius 3 is 1.38 bits per heavy atom. The number of anilines is 2. The van der Waals surface area contributed by atoms with Crippen molar-refractivity contribution >= 4 is 11.4 Å². The molecule has 0 fully saturated rings. The van der Waals surface area contributed by atoms with Crippen LogP contribution in [0.2, 0.25) is 0 Å². The average Bonchev–Trinajstić information content (AvgIpc) is 2.87. The van der Waals surface area contributed by atoms with Crippen molar-refractivity contribution in [1.82, 2.24) is 20.4 Å². The second-order valence-electron chi connectivity index (χ2n) is 3.32. The highest BCUT2D eigenvalue weighted by Gasteiger charge is 1.92. The van der Waals surface area contributed by atoms with Crippen molar-refractivity contribution in [1.29, 1.82) is 0 Å². The van der Waals surface area contributed by atoms with Gasteiger partial charge in [-0.25, -0.2) is 0 Å². The van der Waals surface area contributed by atoms with E-state index < -0.39 is 0 Å². The third kappa shape index (κ3) is 3.01. The van der Waals surface area contributed by atoms with Crippen LogP contribution in [-0.4, -0.2) is 34.5 Å². The highest BCUT2D eigenvalue weighted by Crippen LogP contribution is 2.06. The zero-order valence-corrected chi connectivity index (χ0v) is 10.0. The van der Waals surface area contributed by atoms with Crippen LogP contribution in [0, 0.1) is 13.8 Å². The molecule has 6 nitrogen and oxygen atoms in total. The quantitative estimate of drug-likeness (QED) is 0.621. The minimum atomic E-state index is 1.06. The third-order valence-electron chi connectivity index (χ3n) is 2.20. The van der Waals surface area contributed by atoms with Crippen LogP contribution in [0.25, 0.3) is 0 Å². The molecule has 2 heterocycles. The van der Waals surface area contributed by atoms with E-state index >= 15 is 0 Å². The molecule has 0 bridgehead atoms. The van der Waals surface area contributed by atoms with E-state index in [1.165, 1.54) is 0 Å². The molecule has 2 rings (SSSR count). The van der Waals surface area contributed by atoms with Gasteiger partial charge in [-0.1, -0.05) is 0 Å². The first-order valence-electron chi connectivity index (χ1n) is 5.04. The number of hydrogen-bond donors (Lipinski definition) is 4. The lowest BCUT2D eigenvalue weighted by Crippen LogP contribution is -1.86. The normalized spacial score (nSPS) is 9.25. The highest BCUT2D eigenvalue weighted by molar-refractivity contribution is 5.44. The fourth-order valence-electron chi connectivity index (χ4n) is 1.21. The van der Waals surface area contributed by atoms with Crippen LogP contribution < -0.4 is 10.6 Å². The molecule has 0 aromatic carbocycles. The van der Waals surface area contributed by atoms with Gasteiger partial charge in [-0.3, -0.25) is 10.2 Å². The number of hydrogen-bond acceptors (Lipinski definition) is 4. The summed E-state index contributed by atoms with van der Waals surface area (Å²) in [5.41, 5.74) is 4.27. The summed E-state index contributed by atoms with van der Waals surface area (Å²) >= 11 is 0. The Hall–Kier alpha value is -1.98. The van der Waals surface area contributed by atoms with E-state index in [-0.39, 0.29) is 0 Å². The second kappa shape index (κ2) is 5.79. The van der Waals surface area contributed by atoms with Crippen LogP contribution >= 0.6 is 0 Å². The lowest BCUT2D eigenvalue weighted by molar-refractivity contribution is 1.05. The second-order valence-corrected chi connectivity index (χ2v) is 3.32. The monoisotopic (exact) mass is 222 g/mol. The van der Waals surface area contributed by atoms with E-state index in [0.717, 1.165) is 22.8 Å². The predicted octanol–water partition coefficient (Wildman–Crippen LogP) is 1.52. The molecule has 88 valence electrons. The van der Waals surface area contributed by atoms with Gasteiger partial charge in [0.05, 0.1) is 35.2 Å². The summed E-state index contributed by atoms with van der Waals surface area (Å²) in [6, 6.07) is 0. The first-order chi connectivity index (χ1) is 7.69. The number of nitrogens with zero attached hydrogens (tertiary/aromatic N) is 2. The van der Waals surface area contributed by atoms with Gasteiger partial charge in [0.25, 0.3) is 0 Å². The van der Waals surface area contributed by atoms with Crippen LogP contribution in [0.1, 0.15) is 11.4 Å². The summed E-state index contributed by atoms with van der Waals surface area (Å²) in [6.45, 7) is 3.94. The molecular weight excluding hydrogens is 204 g/mol. The lowest BCUT2D eigenvalue weighted by Gasteiger charge is -1.91. The largest absolute Gasteiger partial charge is 0.385 e. The summed E-state index contributed by atoms with van der Waals surface area (Å²) in [6.07, 6.45) is 3.52. The number of aryl methyl sites for hydroxylation is 2. The molecule has 0 spiro atoms. The maximum Gasteiger partial charge on any atom is 0.0750 e. The molecule has 2 aromatic rings. The van der Waals surface area contributed by atoms with E-state index in [9.17, 15) is 0 Å². The zero-order valence-electron chi connectivity index (χ0n) is 10.0. The summed E-state index contributed by atoms with van der Waals surface area (Å²) in [5.74, 6) is 0. The lowest BCUT2D eigenvalue weighted by atomic mass is 10.4. The van der Waals surface area contributed by atoms with Crippen LogP contribution in [-0.2, 0) is 0 Å². The minimum absolute atomic E-state index is 1.06. The fourth-order valence-corrected chi connectivity index (χ4v) is 1.21. The molecule has 0 saturated carbocycles. The Bertz CT molecular complexity index is 376. The van der Waals surface area contributed by atoms with Crippen LogP contribution in [0.4, 0.5) is 11.4 Å². The first kappa shape index (κ1) is 12.1. The Morgan fingerprint density at radius 1 is 0.875 bits per heavy atom. The molecule has 0 unspecified atom stereocenters. The van der Waals surface area contributed by atoms with Gasteiger partial charge in [-0.05, 0) is 13.8 Å². The van der Waals surface area contributed by atoms with Gasteiger partial charge >= 0.3 is 0 Å². The molecule has 0 atom stereocenters. The van der Waals surface area contributed by atoms with Crippen molar-refractivity contribution in [3.8, 4) is 0 Å². The SMILES string of the molecule is CNc1cn[nH]c1C.CNc1cn[nH]c1C. The van der Waals surface area contributed by atoms with Gasteiger partial charge < -0.3 is 10.6 Å². The van der Waals surface area contributed by atoms with E-state index in [2.05, 4.69) is 31.0 Å². The molecule has 4 N–H and O–H groups in total. The summed E-state index contributed by atoms with van der Waals surface area (Å²) in [4.78, 5) is 0. The van der Waals surface area contributed by atoms with Crippen molar-refractivity contribution in [2.24, 2.45) is 0 Å². The van der Waals surface area contributed by atoms with Crippen molar-refractivity contribution in [2.75, 3.05) is 24.7 Å². The van der Waals surface area contributed by atoms with Crippen molar-refractivity contribution < 1.29 is 0 Å². The predicted molar refractivity (Wildman–Crippen MR) is 65.7 cm³/mol. The molecular formula is C10H18N6. The maximum atomic E-state index is 3.81.